The molecule has 1 saturated heterocycles. The van der Waals surface area contributed by atoms with E-state index in [1.165, 1.54) is 0 Å². The molecule has 0 aromatic heterocycles. The Morgan fingerprint density at radius 3 is 2.67 bits per heavy atom. The molecule has 0 unspecified atom stereocenters. The monoisotopic (exact) mass is 300 g/mol. The molecule has 1 aliphatic heterocycles. The minimum absolute atomic E-state index is 0.0250. The Morgan fingerprint density at radius 2 is 2.05 bits per heavy atom. The Kier molecular flexibility index (Phi) is 7.67. The maximum absolute atomic E-state index is 11.8. The number of carbonyl (C=O) groups is 2. The van der Waals surface area contributed by atoms with Gasteiger partial charge in [0.1, 0.15) is 6.61 Å². The van der Waals surface area contributed by atoms with E-state index in [1.54, 1.807) is 7.05 Å². The fourth-order valence-electron chi connectivity index (χ4n) is 2.25. The van der Waals surface area contributed by atoms with E-state index in [9.17, 15) is 9.59 Å². The van der Waals surface area contributed by atoms with Crippen LogP contribution in [0.1, 0.15) is 46.0 Å². The fourth-order valence-corrected chi connectivity index (χ4v) is 2.25. The third-order valence-electron chi connectivity index (χ3n) is 3.54. The van der Waals surface area contributed by atoms with E-state index >= 15 is 0 Å². The molecular weight excluding hydrogens is 272 g/mol. The lowest BCUT2D eigenvalue weighted by atomic mass is 9.98. The highest BCUT2D eigenvalue weighted by molar-refractivity contribution is 5.78. The highest BCUT2D eigenvalue weighted by Gasteiger charge is 2.22. The second-order valence-corrected chi connectivity index (χ2v) is 6.11. The number of hydrogen-bond acceptors (Lipinski definition) is 4. The van der Waals surface area contributed by atoms with Crippen LogP contribution in [0.15, 0.2) is 0 Å². The molecule has 2 N–H and O–H groups in total. The summed E-state index contributed by atoms with van der Waals surface area (Å²) in [6.45, 7) is 5.08. The predicted octanol–water partition coefficient (Wildman–Crippen LogP) is 0.993. The average Bonchev–Trinajstić information content (AvgIpc) is 2.45. The van der Waals surface area contributed by atoms with Crippen LogP contribution in [-0.4, -0.2) is 50.3 Å². The second kappa shape index (κ2) is 9.00. The van der Waals surface area contributed by atoms with Gasteiger partial charge in [-0.3, -0.25) is 9.59 Å². The zero-order valence-corrected chi connectivity index (χ0v) is 13.4. The maximum Gasteiger partial charge on any atom is 0.246 e. The van der Waals surface area contributed by atoms with Crippen LogP contribution in [0.25, 0.3) is 0 Å². The van der Waals surface area contributed by atoms with Crippen LogP contribution < -0.4 is 10.6 Å². The quantitative estimate of drug-likeness (QED) is 0.701. The summed E-state index contributed by atoms with van der Waals surface area (Å²) in [4.78, 5) is 23.1. The summed E-state index contributed by atoms with van der Waals surface area (Å²) in [5.41, 5.74) is -0.422. The first kappa shape index (κ1) is 17.9. The topological polar surface area (TPSA) is 76.7 Å². The van der Waals surface area contributed by atoms with Crippen LogP contribution in [0.2, 0.25) is 0 Å². The lowest BCUT2D eigenvalue weighted by molar-refractivity contribution is -0.130. The van der Waals surface area contributed by atoms with Crippen molar-refractivity contribution in [2.75, 3.05) is 26.9 Å². The van der Waals surface area contributed by atoms with E-state index in [4.69, 9.17) is 9.47 Å². The van der Waals surface area contributed by atoms with Gasteiger partial charge >= 0.3 is 0 Å². The van der Waals surface area contributed by atoms with E-state index in [1.807, 2.05) is 13.8 Å². The molecule has 1 fully saturated rings. The second-order valence-electron chi connectivity index (χ2n) is 6.11. The van der Waals surface area contributed by atoms with Crippen molar-refractivity contribution in [2.45, 2.75) is 57.6 Å². The minimum atomic E-state index is -0.422. The number of amides is 2. The van der Waals surface area contributed by atoms with Gasteiger partial charge in [0.15, 0.2) is 0 Å². The zero-order chi connectivity index (χ0) is 15.7. The molecule has 1 heterocycles. The average molecular weight is 300 g/mol. The Labute approximate surface area is 126 Å². The van der Waals surface area contributed by atoms with E-state index in [0.717, 1.165) is 25.9 Å². The molecule has 0 saturated carbocycles. The van der Waals surface area contributed by atoms with Crippen LogP contribution in [-0.2, 0) is 19.1 Å². The van der Waals surface area contributed by atoms with Crippen molar-refractivity contribution in [3.63, 3.8) is 0 Å². The van der Waals surface area contributed by atoms with Crippen molar-refractivity contribution < 1.29 is 19.1 Å². The molecule has 0 radical (unpaired) electrons. The van der Waals surface area contributed by atoms with Crippen LogP contribution in [0.5, 0.6) is 0 Å². The summed E-state index contributed by atoms with van der Waals surface area (Å²) in [5, 5.41) is 5.46. The minimum Gasteiger partial charge on any atom is -0.376 e. The van der Waals surface area contributed by atoms with E-state index in [-0.39, 0.29) is 24.5 Å². The largest absolute Gasteiger partial charge is 0.376 e. The Bertz CT molecular complexity index is 339. The van der Waals surface area contributed by atoms with Gasteiger partial charge in [-0.15, -0.1) is 0 Å². The van der Waals surface area contributed by atoms with Crippen LogP contribution >= 0.6 is 0 Å². The first-order valence-electron chi connectivity index (χ1n) is 7.64. The van der Waals surface area contributed by atoms with Gasteiger partial charge in [0.05, 0.1) is 12.7 Å². The molecule has 2 amide bonds. The van der Waals surface area contributed by atoms with E-state index in [2.05, 4.69) is 10.6 Å². The van der Waals surface area contributed by atoms with Crippen LogP contribution in [0.3, 0.4) is 0 Å². The Balaban J connectivity index is 2.17. The molecule has 0 aliphatic carbocycles. The van der Waals surface area contributed by atoms with Gasteiger partial charge in [-0.05, 0) is 39.5 Å². The van der Waals surface area contributed by atoms with Gasteiger partial charge in [0.25, 0.3) is 0 Å². The van der Waals surface area contributed by atoms with Gasteiger partial charge in [-0.1, -0.05) is 0 Å². The number of nitrogens with one attached hydrogen (secondary N) is 2. The highest BCUT2D eigenvalue weighted by atomic mass is 16.5. The van der Waals surface area contributed by atoms with Crippen molar-refractivity contribution in [3.05, 3.63) is 0 Å². The smallest absolute Gasteiger partial charge is 0.246 e. The third-order valence-corrected chi connectivity index (χ3v) is 3.54. The van der Waals surface area contributed by atoms with Crippen LogP contribution in [0.4, 0.5) is 0 Å². The summed E-state index contributed by atoms with van der Waals surface area (Å²) >= 11 is 0. The van der Waals surface area contributed by atoms with Crippen molar-refractivity contribution >= 4 is 11.8 Å². The Hall–Kier alpha value is -1.14. The molecule has 0 bridgehead atoms. The molecule has 122 valence electrons. The highest BCUT2D eigenvalue weighted by Crippen LogP contribution is 2.13. The van der Waals surface area contributed by atoms with E-state index < -0.39 is 5.54 Å². The van der Waals surface area contributed by atoms with Crippen molar-refractivity contribution in [3.8, 4) is 0 Å². The molecule has 0 aromatic rings. The number of rotatable bonds is 8. The first-order valence-corrected chi connectivity index (χ1v) is 7.64. The summed E-state index contributed by atoms with van der Waals surface area (Å²) in [7, 11) is 1.61. The van der Waals surface area contributed by atoms with Crippen molar-refractivity contribution in [1.82, 2.24) is 10.6 Å². The standard InChI is InChI=1S/C15H28N2O4/c1-15(2,8-7-13(18)16-3)17-14(19)11-20-10-12-6-4-5-9-21-12/h12H,4-11H2,1-3H3,(H,16,18)(H,17,19)/t12-/m0/s1. The van der Waals surface area contributed by atoms with E-state index in [0.29, 0.717) is 19.4 Å². The van der Waals surface area contributed by atoms with Gasteiger partial charge < -0.3 is 20.1 Å². The molecule has 6 nitrogen and oxygen atoms in total. The molecule has 0 spiro atoms. The maximum atomic E-state index is 11.8. The van der Waals surface area contributed by atoms with Gasteiger partial charge in [0, 0.05) is 25.6 Å². The number of ether oxygens (including phenoxy) is 2. The first-order chi connectivity index (χ1) is 9.93. The summed E-state index contributed by atoms with van der Waals surface area (Å²) in [5.74, 6) is -0.185. The normalized spacial score (nSPS) is 19.1. The lowest BCUT2D eigenvalue weighted by Crippen LogP contribution is -2.45. The fraction of sp³-hybridized carbons (Fsp3) is 0.867. The number of carbonyl (C=O) groups excluding carboxylic acids is 2. The van der Waals surface area contributed by atoms with Crippen LogP contribution in [0, 0.1) is 0 Å². The Morgan fingerprint density at radius 1 is 1.29 bits per heavy atom. The van der Waals surface area contributed by atoms with Gasteiger partial charge in [-0.25, -0.2) is 0 Å². The summed E-state index contributed by atoms with van der Waals surface area (Å²) < 4.78 is 10.9. The molecule has 21 heavy (non-hydrogen) atoms. The summed E-state index contributed by atoms with van der Waals surface area (Å²) in [6.07, 6.45) is 4.36. The van der Waals surface area contributed by atoms with Gasteiger partial charge in [0.2, 0.25) is 11.8 Å². The molecule has 1 aliphatic rings. The zero-order valence-electron chi connectivity index (χ0n) is 13.4. The third kappa shape index (κ3) is 8.02. The molecule has 1 atom stereocenters. The molecule has 1 rings (SSSR count). The summed E-state index contributed by atoms with van der Waals surface area (Å²) in [6, 6.07) is 0. The van der Waals surface area contributed by atoms with Gasteiger partial charge in [-0.2, -0.15) is 0 Å². The van der Waals surface area contributed by atoms with Crippen molar-refractivity contribution in [2.24, 2.45) is 0 Å². The lowest BCUT2D eigenvalue weighted by Gasteiger charge is -2.26. The molecular formula is C15H28N2O4. The number of hydrogen-bond donors (Lipinski definition) is 2. The van der Waals surface area contributed by atoms with Crippen molar-refractivity contribution in [1.29, 1.82) is 0 Å². The molecule has 6 heteroatoms. The predicted molar refractivity (Wildman–Crippen MR) is 79.9 cm³/mol. The molecule has 0 aromatic carbocycles. The SMILES string of the molecule is CNC(=O)CCC(C)(C)NC(=O)COC[C@@H]1CCCCO1.